The Morgan fingerprint density at radius 3 is 2.91 bits per heavy atom. The van der Waals surface area contributed by atoms with Gasteiger partial charge in [-0.3, -0.25) is 0 Å². The quantitative estimate of drug-likeness (QED) is 0.443. The molecule has 1 amide bonds. The fourth-order valence-electron chi connectivity index (χ4n) is 2.95. The molecule has 0 radical (unpaired) electrons. The fraction of sp³-hybridized carbons (Fsp3) is 0.933. The Morgan fingerprint density at radius 1 is 1.43 bits per heavy atom. The molecule has 0 aliphatic carbocycles. The smallest absolute Gasteiger partial charge is 0.410 e. The van der Waals surface area contributed by atoms with E-state index in [9.17, 15) is 4.79 Å². The lowest BCUT2D eigenvalue weighted by Crippen LogP contribution is -2.49. The Hall–Kier alpha value is -1.50. The number of amides is 1. The predicted octanol–water partition coefficient (Wildman–Crippen LogP) is 2.87. The topological polar surface area (TPSA) is 96.8 Å². The number of hydrogen-bond donors (Lipinski definition) is 0. The molecule has 0 aromatic carbocycles. The van der Waals surface area contributed by atoms with Crippen LogP contribution in [0.2, 0.25) is 0 Å². The molecule has 2 rings (SSSR count). The minimum atomic E-state index is -0.494. The van der Waals surface area contributed by atoms with E-state index >= 15 is 0 Å². The molecular weight excluding hydrogens is 300 g/mol. The van der Waals surface area contributed by atoms with Gasteiger partial charge < -0.3 is 19.1 Å². The van der Waals surface area contributed by atoms with Crippen LogP contribution >= 0.6 is 0 Å². The highest BCUT2D eigenvalue weighted by Crippen LogP contribution is 2.31. The van der Waals surface area contributed by atoms with Gasteiger partial charge >= 0.3 is 6.09 Å². The van der Waals surface area contributed by atoms with Crippen molar-refractivity contribution < 1.29 is 19.0 Å². The maximum atomic E-state index is 12.2. The van der Waals surface area contributed by atoms with E-state index < -0.39 is 11.2 Å². The molecule has 23 heavy (non-hydrogen) atoms. The van der Waals surface area contributed by atoms with E-state index in [-0.39, 0.29) is 18.7 Å². The number of rotatable bonds is 2. The SMILES string of the molecule is CC(C)(C)OC(=O)N1CCCC2(CC1)COCC(CN=[N+]=[N-])O2. The van der Waals surface area contributed by atoms with Crippen LogP contribution in [0.4, 0.5) is 4.79 Å². The van der Waals surface area contributed by atoms with Crippen LogP contribution in [0.15, 0.2) is 5.11 Å². The van der Waals surface area contributed by atoms with Gasteiger partial charge in [-0.05, 0) is 45.6 Å². The van der Waals surface area contributed by atoms with E-state index in [2.05, 4.69) is 10.0 Å². The molecule has 2 heterocycles. The number of azide groups is 1. The second kappa shape index (κ2) is 7.38. The number of carbonyl (C=O) groups excluding carboxylic acids is 1. The van der Waals surface area contributed by atoms with E-state index in [1.807, 2.05) is 20.8 Å². The van der Waals surface area contributed by atoms with E-state index in [0.29, 0.717) is 32.7 Å². The van der Waals surface area contributed by atoms with Crippen molar-refractivity contribution in [2.75, 3.05) is 32.8 Å². The molecule has 0 saturated carbocycles. The van der Waals surface area contributed by atoms with Crippen LogP contribution in [0, 0.1) is 0 Å². The van der Waals surface area contributed by atoms with Crippen molar-refractivity contribution in [2.45, 2.75) is 57.3 Å². The van der Waals surface area contributed by atoms with Crippen molar-refractivity contribution in [2.24, 2.45) is 5.11 Å². The van der Waals surface area contributed by atoms with E-state index in [1.165, 1.54) is 0 Å². The predicted molar refractivity (Wildman–Crippen MR) is 84.1 cm³/mol. The van der Waals surface area contributed by atoms with Crippen LogP contribution in [0.1, 0.15) is 40.0 Å². The summed E-state index contributed by atoms with van der Waals surface area (Å²) in [5.41, 5.74) is 7.54. The zero-order chi connectivity index (χ0) is 16.9. The van der Waals surface area contributed by atoms with Gasteiger partial charge in [0, 0.05) is 18.0 Å². The van der Waals surface area contributed by atoms with Gasteiger partial charge in [-0.2, -0.15) is 0 Å². The molecule has 0 aromatic heterocycles. The minimum Gasteiger partial charge on any atom is -0.444 e. The summed E-state index contributed by atoms with van der Waals surface area (Å²) in [5.74, 6) is 0. The molecule has 2 aliphatic heterocycles. The Morgan fingerprint density at radius 2 is 2.22 bits per heavy atom. The molecule has 2 fully saturated rings. The summed E-state index contributed by atoms with van der Waals surface area (Å²) in [6.07, 6.45) is 1.85. The van der Waals surface area contributed by atoms with Gasteiger partial charge in [0.15, 0.2) is 0 Å². The van der Waals surface area contributed by atoms with Gasteiger partial charge in [0.25, 0.3) is 0 Å². The standard InChI is InChI=1S/C15H26N4O4/c1-14(2,3)23-13(20)19-7-4-5-15(6-8-19)11-21-10-12(22-15)9-17-18-16/h12H,4-11H2,1-3H3. The van der Waals surface area contributed by atoms with Crippen LogP contribution in [0.5, 0.6) is 0 Å². The van der Waals surface area contributed by atoms with Crippen LogP contribution in [-0.4, -0.2) is 61.1 Å². The maximum absolute atomic E-state index is 12.2. The summed E-state index contributed by atoms with van der Waals surface area (Å²) in [7, 11) is 0. The first-order chi connectivity index (χ1) is 10.8. The highest BCUT2D eigenvalue weighted by molar-refractivity contribution is 5.68. The number of ether oxygens (including phenoxy) is 3. The van der Waals surface area contributed by atoms with Crippen molar-refractivity contribution in [3.8, 4) is 0 Å². The zero-order valence-electron chi connectivity index (χ0n) is 14.2. The van der Waals surface area contributed by atoms with Crippen molar-refractivity contribution in [1.29, 1.82) is 0 Å². The van der Waals surface area contributed by atoms with Gasteiger partial charge in [0.2, 0.25) is 0 Å². The molecule has 2 atom stereocenters. The van der Waals surface area contributed by atoms with Gasteiger partial charge in [-0.15, -0.1) is 0 Å². The molecule has 0 aromatic rings. The third-order valence-corrected chi connectivity index (χ3v) is 3.98. The first-order valence-electron chi connectivity index (χ1n) is 8.08. The maximum Gasteiger partial charge on any atom is 0.410 e. The number of carbonyl (C=O) groups is 1. The minimum absolute atomic E-state index is 0.215. The lowest BCUT2D eigenvalue weighted by atomic mass is 9.94. The Labute approximate surface area is 136 Å². The first-order valence-corrected chi connectivity index (χ1v) is 8.08. The average Bonchev–Trinajstić information content (AvgIpc) is 2.66. The average molecular weight is 326 g/mol. The van der Waals surface area contributed by atoms with Crippen LogP contribution < -0.4 is 0 Å². The molecule has 1 spiro atoms. The van der Waals surface area contributed by atoms with Crippen molar-refractivity contribution >= 4 is 6.09 Å². The van der Waals surface area contributed by atoms with E-state index in [1.54, 1.807) is 4.90 Å². The number of likely N-dealkylation sites (tertiary alicyclic amines) is 1. The summed E-state index contributed by atoms with van der Waals surface area (Å²) < 4.78 is 17.3. The summed E-state index contributed by atoms with van der Waals surface area (Å²) in [4.78, 5) is 16.7. The van der Waals surface area contributed by atoms with Crippen molar-refractivity contribution in [1.82, 2.24) is 4.90 Å². The van der Waals surface area contributed by atoms with Crippen molar-refractivity contribution in [3.63, 3.8) is 0 Å². The molecule has 8 nitrogen and oxygen atoms in total. The van der Waals surface area contributed by atoms with E-state index in [0.717, 1.165) is 12.8 Å². The number of nitrogens with zero attached hydrogens (tertiary/aromatic N) is 4. The lowest BCUT2D eigenvalue weighted by Gasteiger charge is -2.40. The molecule has 2 unspecified atom stereocenters. The van der Waals surface area contributed by atoms with Crippen molar-refractivity contribution in [3.05, 3.63) is 10.4 Å². The zero-order valence-corrected chi connectivity index (χ0v) is 14.2. The normalized spacial score (nSPS) is 28.8. The highest BCUT2D eigenvalue weighted by Gasteiger charge is 2.40. The molecule has 8 heteroatoms. The summed E-state index contributed by atoms with van der Waals surface area (Å²) >= 11 is 0. The Balaban J connectivity index is 1.94. The molecular formula is C15H26N4O4. The van der Waals surface area contributed by atoms with E-state index in [4.69, 9.17) is 19.7 Å². The van der Waals surface area contributed by atoms with Gasteiger partial charge in [-0.1, -0.05) is 5.11 Å². The molecule has 130 valence electrons. The Kier molecular flexibility index (Phi) is 5.73. The third kappa shape index (κ3) is 5.27. The Bertz CT molecular complexity index is 473. The second-order valence-electron chi connectivity index (χ2n) is 7.17. The fourth-order valence-corrected chi connectivity index (χ4v) is 2.95. The van der Waals surface area contributed by atoms with Gasteiger partial charge in [0.1, 0.15) is 5.60 Å². The number of hydrogen-bond acceptors (Lipinski definition) is 5. The van der Waals surface area contributed by atoms with Crippen LogP contribution in [-0.2, 0) is 14.2 Å². The monoisotopic (exact) mass is 326 g/mol. The molecule has 0 N–H and O–H groups in total. The summed E-state index contributed by atoms with van der Waals surface area (Å²) in [6, 6.07) is 0. The first kappa shape index (κ1) is 17.8. The van der Waals surface area contributed by atoms with Crippen LogP contribution in [0.3, 0.4) is 0 Å². The third-order valence-electron chi connectivity index (χ3n) is 3.98. The largest absolute Gasteiger partial charge is 0.444 e. The highest BCUT2D eigenvalue weighted by atomic mass is 16.6. The lowest BCUT2D eigenvalue weighted by molar-refractivity contribution is -0.199. The molecule has 2 aliphatic rings. The van der Waals surface area contributed by atoms with Gasteiger partial charge in [0.05, 0.1) is 31.5 Å². The second-order valence-corrected chi connectivity index (χ2v) is 7.17. The molecule has 2 saturated heterocycles. The van der Waals surface area contributed by atoms with Gasteiger partial charge in [-0.25, -0.2) is 4.79 Å². The molecule has 0 bridgehead atoms. The van der Waals surface area contributed by atoms with Crippen LogP contribution in [0.25, 0.3) is 10.4 Å². The summed E-state index contributed by atoms with van der Waals surface area (Å²) in [6.45, 7) is 8.05. The summed E-state index contributed by atoms with van der Waals surface area (Å²) in [5, 5.41) is 3.57.